The number of amides is 3. The minimum Gasteiger partial charge on any atom is -0.497 e. The number of hydrogen-bond donors (Lipinski definition) is 0. The van der Waals surface area contributed by atoms with Crippen LogP contribution in [0.5, 0.6) is 5.75 Å². The summed E-state index contributed by atoms with van der Waals surface area (Å²) < 4.78 is 5.18. The minimum absolute atomic E-state index is 0.144. The van der Waals surface area contributed by atoms with Gasteiger partial charge in [-0.3, -0.25) is 9.69 Å². The summed E-state index contributed by atoms with van der Waals surface area (Å²) in [5.74, 6) is 1.24. The molecule has 5 nitrogen and oxygen atoms in total. The van der Waals surface area contributed by atoms with E-state index >= 15 is 0 Å². The first kappa shape index (κ1) is 15.1. The molecule has 2 atom stereocenters. The quantitative estimate of drug-likeness (QED) is 0.805. The number of thioether (sulfide) groups is 1. The highest BCUT2D eigenvalue weighted by Crippen LogP contribution is 2.46. The molecule has 2 fully saturated rings. The molecule has 6 heteroatoms. The van der Waals surface area contributed by atoms with E-state index in [4.69, 9.17) is 4.74 Å². The Hall–Kier alpha value is -2.47. The van der Waals surface area contributed by atoms with E-state index in [1.807, 2.05) is 42.5 Å². The molecule has 0 aromatic heterocycles. The third-order valence-corrected chi connectivity index (χ3v) is 5.66. The maximum atomic E-state index is 12.9. The van der Waals surface area contributed by atoms with Gasteiger partial charge in [-0.2, -0.15) is 0 Å². The number of anilines is 1. The van der Waals surface area contributed by atoms with Gasteiger partial charge in [-0.15, -0.1) is 11.8 Å². The Morgan fingerprint density at radius 3 is 2.42 bits per heavy atom. The van der Waals surface area contributed by atoms with Crippen LogP contribution in [-0.2, 0) is 4.79 Å². The molecule has 24 heavy (non-hydrogen) atoms. The van der Waals surface area contributed by atoms with Gasteiger partial charge in [-0.05, 0) is 29.8 Å². The predicted octanol–water partition coefficient (Wildman–Crippen LogP) is 3.28. The summed E-state index contributed by atoms with van der Waals surface area (Å²) >= 11 is 1.62. The van der Waals surface area contributed by atoms with E-state index in [0.717, 1.165) is 11.3 Å². The first-order chi connectivity index (χ1) is 11.7. The van der Waals surface area contributed by atoms with Gasteiger partial charge >= 0.3 is 6.03 Å². The highest BCUT2D eigenvalue weighted by molar-refractivity contribution is 7.99. The van der Waals surface area contributed by atoms with Gasteiger partial charge in [-0.25, -0.2) is 9.69 Å². The number of carbonyl (C=O) groups excluding carboxylic acids is 2. The lowest BCUT2D eigenvalue weighted by atomic mass is 10.2. The van der Waals surface area contributed by atoms with Crippen LogP contribution in [-0.4, -0.2) is 35.7 Å². The molecule has 2 saturated heterocycles. The van der Waals surface area contributed by atoms with Gasteiger partial charge in [0, 0.05) is 5.75 Å². The van der Waals surface area contributed by atoms with Gasteiger partial charge in [0.05, 0.1) is 12.8 Å². The first-order valence-electron chi connectivity index (χ1n) is 7.67. The zero-order valence-electron chi connectivity index (χ0n) is 13.1. The standard InChI is InChI=1S/C18H16N2O3S/c1-23-14-9-7-12(8-10-14)17-20-15(11-24-17)16(21)19(18(20)22)13-5-3-2-4-6-13/h2-10,15,17H,11H2,1H3/t15-,17-/m1/s1. The number of methoxy groups -OCH3 is 1. The Kier molecular flexibility index (Phi) is 3.69. The summed E-state index contributed by atoms with van der Waals surface area (Å²) in [5, 5.41) is -0.147. The molecule has 0 N–H and O–H groups in total. The van der Waals surface area contributed by atoms with Crippen molar-refractivity contribution in [2.75, 3.05) is 17.8 Å². The van der Waals surface area contributed by atoms with Gasteiger partial charge in [0.15, 0.2) is 0 Å². The lowest BCUT2D eigenvalue weighted by Gasteiger charge is -2.23. The van der Waals surface area contributed by atoms with Gasteiger partial charge < -0.3 is 4.74 Å². The van der Waals surface area contributed by atoms with Gasteiger partial charge in [0.25, 0.3) is 5.91 Å². The zero-order valence-corrected chi connectivity index (χ0v) is 13.9. The van der Waals surface area contributed by atoms with Crippen molar-refractivity contribution < 1.29 is 14.3 Å². The SMILES string of the molecule is COc1ccc([C@H]2SC[C@@H]3C(=O)N(c4ccccc4)C(=O)N32)cc1. The molecule has 122 valence electrons. The molecule has 0 radical (unpaired) electrons. The maximum Gasteiger partial charge on any atom is 0.333 e. The minimum atomic E-state index is -0.394. The largest absolute Gasteiger partial charge is 0.497 e. The molecule has 3 amide bonds. The molecule has 0 aliphatic carbocycles. The average Bonchev–Trinajstić information content (AvgIpc) is 3.17. The number of ether oxygens (including phenoxy) is 1. The average molecular weight is 340 g/mol. The van der Waals surface area contributed by atoms with Crippen molar-refractivity contribution in [2.45, 2.75) is 11.4 Å². The zero-order chi connectivity index (χ0) is 16.7. The topological polar surface area (TPSA) is 49.9 Å². The number of fused-ring (bicyclic) bond motifs is 1. The summed E-state index contributed by atoms with van der Waals surface area (Å²) in [6.45, 7) is 0. The highest BCUT2D eigenvalue weighted by atomic mass is 32.2. The fourth-order valence-corrected chi connectivity index (χ4v) is 4.54. The lowest BCUT2D eigenvalue weighted by molar-refractivity contribution is -0.119. The third-order valence-electron chi connectivity index (χ3n) is 4.33. The Labute approximate surface area is 144 Å². The van der Waals surface area contributed by atoms with Crippen LogP contribution in [0.1, 0.15) is 10.9 Å². The molecule has 2 aliphatic rings. The van der Waals surface area contributed by atoms with Crippen molar-refractivity contribution in [1.29, 1.82) is 0 Å². The molecule has 2 heterocycles. The summed E-state index contributed by atoms with van der Waals surface area (Å²) in [6.07, 6.45) is 0. The summed E-state index contributed by atoms with van der Waals surface area (Å²) in [7, 11) is 1.62. The van der Waals surface area contributed by atoms with Crippen molar-refractivity contribution in [3.8, 4) is 5.75 Å². The number of carbonyl (C=O) groups is 2. The third kappa shape index (κ3) is 2.26. The van der Waals surface area contributed by atoms with E-state index in [-0.39, 0.29) is 17.3 Å². The second kappa shape index (κ2) is 5.87. The fraction of sp³-hybridized carbons (Fsp3) is 0.222. The Bertz CT molecular complexity index is 779. The molecule has 2 aliphatic heterocycles. The van der Waals surface area contributed by atoms with Gasteiger partial charge in [0.2, 0.25) is 0 Å². The van der Waals surface area contributed by atoms with E-state index in [0.29, 0.717) is 11.4 Å². The number of para-hydroxylation sites is 1. The van der Waals surface area contributed by atoms with Crippen molar-refractivity contribution in [3.63, 3.8) is 0 Å². The fourth-order valence-electron chi connectivity index (χ4n) is 3.13. The van der Waals surface area contributed by atoms with E-state index in [2.05, 4.69) is 0 Å². The number of rotatable bonds is 3. The van der Waals surface area contributed by atoms with Crippen LogP contribution in [0.4, 0.5) is 10.5 Å². The van der Waals surface area contributed by atoms with Crippen molar-refractivity contribution in [3.05, 3.63) is 60.2 Å². The van der Waals surface area contributed by atoms with Crippen LogP contribution in [0.2, 0.25) is 0 Å². The number of imide groups is 1. The van der Waals surface area contributed by atoms with E-state index in [1.54, 1.807) is 35.9 Å². The van der Waals surface area contributed by atoms with Crippen LogP contribution in [0, 0.1) is 0 Å². The van der Waals surface area contributed by atoms with E-state index in [9.17, 15) is 9.59 Å². The molecule has 0 saturated carbocycles. The van der Waals surface area contributed by atoms with Crippen LogP contribution in [0.15, 0.2) is 54.6 Å². The first-order valence-corrected chi connectivity index (χ1v) is 8.72. The Balaban J connectivity index is 1.65. The van der Waals surface area contributed by atoms with E-state index in [1.165, 1.54) is 4.90 Å². The summed E-state index contributed by atoms with van der Waals surface area (Å²) in [4.78, 5) is 28.6. The molecule has 2 aromatic carbocycles. The molecule has 0 bridgehead atoms. The maximum absolute atomic E-state index is 12.9. The summed E-state index contributed by atoms with van der Waals surface area (Å²) in [5.41, 5.74) is 1.62. The molecular formula is C18H16N2O3S. The normalized spacial score (nSPS) is 22.9. The molecule has 0 spiro atoms. The van der Waals surface area contributed by atoms with Crippen LogP contribution >= 0.6 is 11.8 Å². The van der Waals surface area contributed by atoms with Crippen molar-refractivity contribution in [2.24, 2.45) is 0 Å². The molecular weight excluding hydrogens is 324 g/mol. The number of benzene rings is 2. The van der Waals surface area contributed by atoms with E-state index < -0.39 is 6.04 Å². The molecule has 4 rings (SSSR count). The monoisotopic (exact) mass is 340 g/mol. The highest BCUT2D eigenvalue weighted by Gasteiger charge is 2.53. The second-order valence-electron chi connectivity index (χ2n) is 5.67. The van der Waals surface area contributed by atoms with Gasteiger partial charge in [0.1, 0.15) is 17.2 Å². The Morgan fingerprint density at radius 1 is 1.04 bits per heavy atom. The number of hydrogen-bond acceptors (Lipinski definition) is 4. The smallest absolute Gasteiger partial charge is 0.333 e. The van der Waals surface area contributed by atoms with Crippen molar-refractivity contribution in [1.82, 2.24) is 4.90 Å². The summed E-state index contributed by atoms with van der Waals surface area (Å²) in [6, 6.07) is 16.1. The van der Waals surface area contributed by atoms with Crippen LogP contribution in [0.25, 0.3) is 0 Å². The van der Waals surface area contributed by atoms with Crippen LogP contribution < -0.4 is 9.64 Å². The van der Waals surface area contributed by atoms with Gasteiger partial charge in [-0.1, -0.05) is 30.3 Å². The van der Waals surface area contributed by atoms with Crippen LogP contribution in [0.3, 0.4) is 0 Å². The molecule has 0 unspecified atom stereocenters. The Morgan fingerprint density at radius 2 is 1.75 bits per heavy atom. The number of urea groups is 1. The predicted molar refractivity (Wildman–Crippen MR) is 93.1 cm³/mol. The second-order valence-corrected chi connectivity index (χ2v) is 6.79. The lowest BCUT2D eigenvalue weighted by Crippen LogP contribution is -2.33. The molecule has 2 aromatic rings. The number of nitrogens with zero attached hydrogens (tertiary/aromatic N) is 2. The van der Waals surface area contributed by atoms with Crippen molar-refractivity contribution >= 4 is 29.4 Å².